The smallest absolute Gasteiger partial charge is 0.264 e. The van der Waals surface area contributed by atoms with E-state index < -0.39 is 10.0 Å². The molecule has 0 unspecified atom stereocenters. The molecule has 1 N–H and O–H groups in total. The molecule has 0 aromatic heterocycles. The number of amides is 2. The van der Waals surface area contributed by atoms with E-state index in [9.17, 15) is 18.0 Å². The zero-order valence-electron chi connectivity index (χ0n) is 18.0. The predicted octanol–water partition coefficient (Wildman–Crippen LogP) is 2.89. The Bertz CT molecular complexity index is 1020. The summed E-state index contributed by atoms with van der Waals surface area (Å²) in [5.41, 5.74) is 0.952. The SMILES string of the molecule is CCN(c1ccccc1)S(=O)(=O)c1cccc(C(=O)N2CCC(CNC(C)=O)CC2)c1. The Morgan fingerprint density at radius 1 is 1.06 bits per heavy atom. The van der Waals surface area contributed by atoms with Crippen molar-refractivity contribution in [1.82, 2.24) is 10.2 Å². The van der Waals surface area contributed by atoms with Crippen molar-refractivity contribution in [2.45, 2.75) is 31.6 Å². The third-order valence-electron chi connectivity index (χ3n) is 5.54. The third kappa shape index (κ3) is 5.44. The van der Waals surface area contributed by atoms with Gasteiger partial charge in [-0.15, -0.1) is 0 Å². The first-order valence-corrected chi connectivity index (χ1v) is 12.0. The molecule has 31 heavy (non-hydrogen) atoms. The van der Waals surface area contributed by atoms with Crippen molar-refractivity contribution in [3.63, 3.8) is 0 Å². The van der Waals surface area contributed by atoms with Crippen molar-refractivity contribution < 1.29 is 18.0 Å². The minimum Gasteiger partial charge on any atom is -0.356 e. The summed E-state index contributed by atoms with van der Waals surface area (Å²) in [6.45, 7) is 5.36. The highest BCUT2D eigenvalue weighted by atomic mass is 32.2. The molecule has 1 aliphatic heterocycles. The summed E-state index contributed by atoms with van der Waals surface area (Å²) in [4.78, 5) is 26.0. The van der Waals surface area contributed by atoms with E-state index in [0.717, 1.165) is 12.8 Å². The lowest BCUT2D eigenvalue weighted by Crippen LogP contribution is -2.41. The molecule has 0 aliphatic carbocycles. The first kappa shape index (κ1) is 22.8. The highest BCUT2D eigenvalue weighted by Gasteiger charge is 2.27. The molecule has 7 nitrogen and oxygen atoms in total. The third-order valence-corrected chi connectivity index (χ3v) is 7.44. The van der Waals surface area contributed by atoms with Crippen LogP contribution in [-0.4, -0.2) is 51.3 Å². The molecule has 0 bridgehead atoms. The van der Waals surface area contributed by atoms with Crippen LogP contribution in [0.1, 0.15) is 37.0 Å². The van der Waals surface area contributed by atoms with Gasteiger partial charge in [-0.25, -0.2) is 8.42 Å². The molecule has 2 aromatic carbocycles. The normalized spacial score (nSPS) is 14.8. The Morgan fingerprint density at radius 2 is 1.74 bits per heavy atom. The molecule has 1 fully saturated rings. The Morgan fingerprint density at radius 3 is 2.35 bits per heavy atom. The summed E-state index contributed by atoms with van der Waals surface area (Å²) in [5, 5.41) is 2.83. The average Bonchev–Trinajstić information content (AvgIpc) is 2.78. The summed E-state index contributed by atoms with van der Waals surface area (Å²) < 4.78 is 27.8. The molecule has 2 amide bonds. The summed E-state index contributed by atoms with van der Waals surface area (Å²) >= 11 is 0. The first-order chi connectivity index (χ1) is 14.8. The first-order valence-electron chi connectivity index (χ1n) is 10.5. The minimum atomic E-state index is -3.79. The molecule has 3 rings (SSSR count). The van der Waals surface area contributed by atoms with E-state index in [1.54, 1.807) is 48.2 Å². The van der Waals surface area contributed by atoms with Gasteiger partial charge in [0.2, 0.25) is 5.91 Å². The van der Waals surface area contributed by atoms with E-state index >= 15 is 0 Å². The van der Waals surface area contributed by atoms with E-state index in [2.05, 4.69) is 5.32 Å². The number of sulfonamides is 1. The van der Waals surface area contributed by atoms with Gasteiger partial charge in [-0.3, -0.25) is 13.9 Å². The van der Waals surface area contributed by atoms with Gasteiger partial charge in [0.15, 0.2) is 0 Å². The molecule has 166 valence electrons. The van der Waals surface area contributed by atoms with Gasteiger partial charge in [-0.2, -0.15) is 0 Å². The van der Waals surface area contributed by atoms with Gasteiger partial charge in [-0.05, 0) is 56.0 Å². The molecule has 2 aromatic rings. The van der Waals surface area contributed by atoms with Crippen LogP contribution in [0.2, 0.25) is 0 Å². The van der Waals surface area contributed by atoms with Crippen LogP contribution < -0.4 is 9.62 Å². The van der Waals surface area contributed by atoms with Gasteiger partial charge in [0.25, 0.3) is 15.9 Å². The van der Waals surface area contributed by atoms with Gasteiger partial charge in [0, 0.05) is 38.7 Å². The van der Waals surface area contributed by atoms with Gasteiger partial charge >= 0.3 is 0 Å². The molecule has 0 radical (unpaired) electrons. The van der Waals surface area contributed by atoms with Crippen LogP contribution in [0, 0.1) is 5.92 Å². The largest absolute Gasteiger partial charge is 0.356 e. The van der Waals surface area contributed by atoms with E-state index in [-0.39, 0.29) is 23.3 Å². The molecule has 1 heterocycles. The fraction of sp³-hybridized carbons (Fsp3) is 0.391. The number of carbonyl (C=O) groups is 2. The zero-order valence-corrected chi connectivity index (χ0v) is 18.8. The molecular weight excluding hydrogens is 414 g/mol. The van der Waals surface area contributed by atoms with Gasteiger partial charge in [0.1, 0.15) is 0 Å². The van der Waals surface area contributed by atoms with Crippen LogP contribution in [0.3, 0.4) is 0 Å². The minimum absolute atomic E-state index is 0.0480. The predicted molar refractivity (Wildman–Crippen MR) is 120 cm³/mol. The van der Waals surface area contributed by atoms with Crippen LogP contribution >= 0.6 is 0 Å². The Kier molecular flexibility index (Phi) is 7.33. The molecule has 0 spiro atoms. The molecule has 0 saturated carbocycles. The van der Waals surface area contributed by atoms with E-state index in [0.29, 0.717) is 36.8 Å². The molecule has 0 atom stereocenters. The van der Waals surface area contributed by atoms with Crippen molar-refractivity contribution in [3.05, 3.63) is 60.2 Å². The van der Waals surface area contributed by atoms with E-state index in [1.807, 2.05) is 6.07 Å². The summed E-state index contributed by atoms with van der Waals surface area (Å²) in [7, 11) is -3.79. The number of nitrogens with zero attached hydrogens (tertiary/aromatic N) is 2. The number of likely N-dealkylation sites (tertiary alicyclic amines) is 1. The van der Waals surface area contributed by atoms with Crippen molar-refractivity contribution in [2.24, 2.45) is 5.92 Å². The maximum atomic E-state index is 13.3. The average molecular weight is 444 g/mol. The van der Waals surface area contributed by atoms with Crippen LogP contribution in [0.15, 0.2) is 59.5 Å². The Labute approximate surface area is 184 Å². The van der Waals surface area contributed by atoms with Crippen LogP contribution in [0.4, 0.5) is 5.69 Å². The maximum absolute atomic E-state index is 13.3. The second-order valence-corrected chi connectivity index (χ2v) is 9.57. The number of hydrogen-bond acceptors (Lipinski definition) is 4. The standard InChI is InChI=1S/C23H29N3O4S/c1-3-26(21-9-5-4-6-10-21)31(29,30)22-11-7-8-20(16-22)23(28)25-14-12-19(13-15-25)17-24-18(2)27/h4-11,16,19H,3,12-15,17H2,1-2H3,(H,24,27). The topological polar surface area (TPSA) is 86.8 Å². The van der Waals surface area contributed by atoms with Crippen molar-refractivity contribution in [1.29, 1.82) is 0 Å². The monoisotopic (exact) mass is 443 g/mol. The lowest BCUT2D eigenvalue weighted by atomic mass is 9.96. The van der Waals surface area contributed by atoms with Crippen LogP contribution in [0.25, 0.3) is 0 Å². The Hall–Kier alpha value is -2.87. The number of benzene rings is 2. The van der Waals surface area contributed by atoms with Gasteiger partial charge in [0.05, 0.1) is 10.6 Å². The van der Waals surface area contributed by atoms with Gasteiger partial charge in [-0.1, -0.05) is 24.3 Å². The number of rotatable bonds is 7. The number of piperidine rings is 1. The van der Waals surface area contributed by atoms with Crippen LogP contribution in [0.5, 0.6) is 0 Å². The number of para-hydroxylation sites is 1. The lowest BCUT2D eigenvalue weighted by molar-refractivity contribution is -0.119. The number of hydrogen-bond donors (Lipinski definition) is 1. The Balaban J connectivity index is 1.74. The highest BCUT2D eigenvalue weighted by molar-refractivity contribution is 7.92. The molecule has 8 heteroatoms. The molecule has 1 saturated heterocycles. The quantitative estimate of drug-likeness (QED) is 0.713. The molecule has 1 aliphatic rings. The van der Waals surface area contributed by atoms with E-state index in [1.165, 1.54) is 23.4 Å². The summed E-state index contributed by atoms with van der Waals surface area (Å²) in [6, 6.07) is 15.2. The van der Waals surface area contributed by atoms with Crippen molar-refractivity contribution in [2.75, 3.05) is 30.5 Å². The fourth-order valence-corrected chi connectivity index (χ4v) is 5.33. The maximum Gasteiger partial charge on any atom is 0.264 e. The summed E-state index contributed by atoms with van der Waals surface area (Å²) in [6.07, 6.45) is 1.61. The fourth-order valence-electron chi connectivity index (χ4n) is 3.81. The highest BCUT2D eigenvalue weighted by Crippen LogP contribution is 2.25. The second kappa shape index (κ2) is 9.96. The number of anilines is 1. The molecular formula is C23H29N3O4S. The summed E-state index contributed by atoms with van der Waals surface area (Å²) in [5.74, 6) is 0.134. The van der Waals surface area contributed by atoms with Crippen molar-refractivity contribution >= 4 is 27.5 Å². The van der Waals surface area contributed by atoms with Crippen LogP contribution in [-0.2, 0) is 14.8 Å². The lowest BCUT2D eigenvalue weighted by Gasteiger charge is -2.32. The van der Waals surface area contributed by atoms with Crippen molar-refractivity contribution in [3.8, 4) is 0 Å². The number of nitrogens with one attached hydrogen (secondary N) is 1. The zero-order chi connectivity index (χ0) is 22.4. The number of carbonyl (C=O) groups excluding carboxylic acids is 2. The van der Waals surface area contributed by atoms with E-state index in [4.69, 9.17) is 0 Å². The second-order valence-electron chi connectivity index (χ2n) is 7.71. The van der Waals surface area contributed by atoms with Gasteiger partial charge < -0.3 is 10.2 Å².